The Morgan fingerprint density at radius 2 is 2.32 bits per heavy atom. The molecule has 1 saturated heterocycles. The van der Waals surface area contributed by atoms with Gasteiger partial charge in [-0.25, -0.2) is 14.8 Å². The highest BCUT2D eigenvalue weighted by atomic mass is 35.5. The van der Waals surface area contributed by atoms with E-state index in [2.05, 4.69) is 15.3 Å². The summed E-state index contributed by atoms with van der Waals surface area (Å²) in [6, 6.07) is 1.64. The summed E-state index contributed by atoms with van der Waals surface area (Å²) < 4.78 is 5.43. The number of halogens is 1. The number of amides is 1. The fourth-order valence-electron chi connectivity index (χ4n) is 2.38. The zero-order chi connectivity index (χ0) is 16.2. The predicted octanol–water partition coefficient (Wildman–Crippen LogP) is 3.19. The molecule has 22 heavy (non-hydrogen) atoms. The van der Waals surface area contributed by atoms with Crippen LogP contribution in [0.3, 0.4) is 0 Å². The van der Waals surface area contributed by atoms with Gasteiger partial charge >= 0.3 is 6.09 Å². The summed E-state index contributed by atoms with van der Waals surface area (Å²) in [7, 11) is 0. The highest BCUT2D eigenvalue weighted by Gasteiger charge is 2.27. The number of likely N-dealkylation sites (tertiary alicyclic amines) is 1. The summed E-state index contributed by atoms with van der Waals surface area (Å²) in [5, 5.41) is 3.59. The first kappa shape index (κ1) is 16.8. The lowest BCUT2D eigenvalue weighted by molar-refractivity contribution is 0.0172. The number of hydrogen-bond acceptors (Lipinski definition) is 5. The molecule has 1 aromatic heterocycles. The molecule has 2 rings (SSSR count). The van der Waals surface area contributed by atoms with Gasteiger partial charge < -0.3 is 15.0 Å². The van der Waals surface area contributed by atoms with Crippen molar-refractivity contribution in [3.05, 3.63) is 17.4 Å². The third-order valence-electron chi connectivity index (χ3n) is 3.34. The Kier molecular flexibility index (Phi) is 5.45. The van der Waals surface area contributed by atoms with Crippen molar-refractivity contribution in [1.82, 2.24) is 14.9 Å². The number of anilines is 1. The minimum Gasteiger partial charge on any atom is -0.444 e. The lowest BCUT2D eigenvalue weighted by Crippen LogP contribution is -2.44. The number of carbonyl (C=O) groups is 1. The fourth-order valence-corrected chi connectivity index (χ4v) is 2.52. The third kappa shape index (κ3) is 5.33. The summed E-state index contributed by atoms with van der Waals surface area (Å²) in [6.45, 7) is 7.78. The molecule has 1 N–H and O–H groups in total. The molecule has 1 fully saturated rings. The van der Waals surface area contributed by atoms with Gasteiger partial charge in [0.25, 0.3) is 0 Å². The predicted molar refractivity (Wildman–Crippen MR) is 86.1 cm³/mol. The van der Waals surface area contributed by atoms with Crippen molar-refractivity contribution in [1.29, 1.82) is 0 Å². The molecule has 0 unspecified atom stereocenters. The first-order valence-corrected chi connectivity index (χ1v) is 7.91. The molecule has 0 aliphatic carbocycles. The number of nitrogens with one attached hydrogen (secondary N) is 1. The Balaban J connectivity index is 1.84. The van der Waals surface area contributed by atoms with Gasteiger partial charge in [-0.3, -0.25) is 0 Å². The maximum absolute atomic E-state index is 12.1. The molecule has 1 aliphatic rings. The van der Waals surface area contributed by atoms with Gasteiger partial charge in [-0.05, 0) is 45.6 Å². The van der Waals surface area contributed by atoms with E-state index in [0.717, 1.165) is 19.4 Å². The summed E-state index contributed by atoms with van der Waals surface area (Å²) in [5.74, 6) is 0.866. The van der Waals surface area contributed by atoms with Crippen molar-refractivity contribution in [2.45, 2.75) is 39.2 Å². The van der Waals surface area contributed by atoms with Gasteiger partial charge in [-0.15, -0.1) is 0 Å². The molecule has 0 spiro atoms. The largest absolute Gasteiger partial charge is 0.444 e. The summed E-state index contributed by atoms with van der Waals surface area (Å²) >= 11 is 5.83. The molecule has 0 aromatic carbocycles. The quantitative estimate of drug-likeness (QED) is 0.864. The van der Waals surface area contributed by atoms with Gasteiger partial charge in [0.05, 0.1) is 0 Å². The van der Waals surface area contributed by atoms with E-state index in [1.807, 2.05) is 20.8 Å². The smallest absolute Gasteiger partial charge is 0.410 e. The van der Waals surface area contributed by atoms with Gasteiger partial charge in [0, 0.05) is 25.8 Å². The molecular formula is C15H23ClN4O2. The average Bonchev–Trinajstić information content (AvgIpc) is 2.44. The maximum atomic E-state index is 12.1. The molecule has 6 nitrogen and oxygen atoms in total. The minimum absolute atomic E-state index is 0.240. The molecule has 1 amide bonds. The highest BCUT2D eigenvalue weighted by Crippen LogP contribution is 2.19. The molecule has 1 aliphatic heterocycles. The second-order valence-electron chi connectivity index (χ2n) is 6.52. The van der Waals surface area contributed by atoms with E-state index in [9.17, 15) is 4.79 Å². The van der Waals surface area contributed by atoms with E-state index in [1.54, 1.807) is 17.2 Å². The van der Waals surface area contributed by atoms with E-state index >= 15 is 0 Å². The van der Waals surface area contributed by atoms with E-state index in [-0.39, 0.29) is 6.09 Å². The van der Waals surface area contributed by atoms with Crippen LogP contribution in [0, 0.1) is 5.92 Å². The third-order valence-corrected chi connectivity index (χ3v) is 3.55. The van der Waals surface area contributed by atoms with Crippen LogP contribution in [0.4, 0.5) is 10.7 Å². The number of hydrogen-bond donors (Lipinski definition) is 1. The molecule has 1 atom stereocenters. The van der Waals surface area contributed by atoms with Crippen LogP contribution in [0.15, 0.2) is 12.3 Å². The maximum Gasteiger partial charge on any atom is 0.410 e. The average molecular weight is 327 g/mol. The van der Waals surface area contributed by atoms with Gasteiger partial charge in [-0.2, -0.15) is 0 Å². The molecule has 0 radical (unpaired) electrons. The molecular weight excluding hydrogens is 304 g/mol. The molecule has 2 heterocycles. The first-order valence-electron chi connectivity index (χ1n) is 7.54. The second kappa shape index (κ2) is 7.13. The van der Waals surface area contributed by atoms with Crippen LogP contribution in [-0.2, 0) is 4.74 Å². The van der Waals surface area contributed by atoms with Crippen LogP contribution < -0.4 is 5.32 Å². The number of aromatic nitrogens is 2. The van der Waals surface area contributed by atoms with Crippen LogP contribution in [0.5, 0.6) is 0 Å². The summed E-state index contributed by atoms with van der Waals surface area (Å²) in [5.41, 5.74) is -0.461. The highest BCUT2D eigenvalue weighted by molar-refractivity contribution is 6.29. The van der Waals surface area contributed by atoms with Crippen LogP contribution in [0.1, 0.15) is 33.6 Å². The summed E-state index contributed by atoms with van der Waals surface area (Å²) in [6.07, 6.45) is 3.41. The van der Waals surface area contributed by atoms with Gasteiger partial charge in [0.1, 0.15) is 10.8 Å². The SMILES string of the molecule is CC(C)(C)OC(=O)N1CCC[C@@H](CNc2nccc(Cl)n2)C1. The molecule has 122 valence electrons. The Labute approximate surface area is 136 Å². The van der Waals surface area contributed by atoms with E-state index in [1.165, 1.54) is 0 Å². The molecule has 0 bridgehead atoms. The topological polar surface area (TPSA) is 67.3 Å². The number of carbonyl (C=O) groups excluding carboxylic acids is 1. The van der Waals surface area contributed by atoms with Crippen molar-refractivity contribution in [3.63, 3.8) is 0 Å². The first-order chi connectivity index (χ1) is 10.3. The Hall–Kier alpha value is -1.56. The molecule has 1 aromatic rings. The van der Waals surface area contributed by atoms with Crippen molar-refractivity contribution in [2.24, 2.45) is 5.92 Å². The van der Waals surface area contributed by atoms with Crippen LogP contribution in [0.25, 0.3) is 0 Å². The molecule has 7 heteroatoms. The van der Waals surface area contributed by atoms with Gasteiger partial charge in [0.2, 0.25) is 5.95 Å². The lowest BCUT2D eigenvalue weighted by Gasteiger charge is -2.34. The lowest BCUT2D eigenvalue weighted by atomic mass is 9.98. The van der Waals surface area contributed by atoms with Gasteiger partial charge in [0.15, 0.2) is 0 Å². The molecule has 0 saturated carbocycles. The van der Waals surface area contributed by atoms with Crippen LogP contribution in [0.2, 0.25) is 5.15 Å². The minimum atomic E-state index is -0.461. The Bertz CT molecular complexity index is 519. The van der Waals surface area contributed by atoms with Crippen molar-refractivity contribution in [2.75, 3.05) is 25.0 Å². The fraction of sp³-hybridized carbons (Fsp3) is 0.667. The Morgan fingerprint density at radius 3 is 3.00 bits per heavy atom. The zero-order valence-electron chi connectivity index (χ0n) is 13.3. The van der Waals surface area contributed by atoms with Gasteiger partial charge in [-0.1, -0.05) is 11.6 Å². The Morgan fingerprint density at radius 1 is 1.55 bits per heavy atom. The van der Waals surface area contributed by atoms with Crippen molar-refractivity contribution in [3.8, 4) is 0 Å². The zero-order valence-corrected chi connectivity index (χ0v) is 14.1. The van der Waals surface area contributed by atoms with Crippen molar-refractivity contribution < 1.29 is 9.53 Å². The number of ether oxygens (including phenoxy) is 1. The standard InChI is InChI=1S/C15H23ClN4O2/c1-15(2,3)22-14(21)20-8-4-5-11(10-20)9-18-13-17-7-6-12(16)19-13/h6-7,11H,4-5,8-10H2,1-3H3,(H,17,18,19)/t11-/m0/s1. The van der Waals surface area contributed by atoms with E-state index < -0.39 is 5.60 Å². The number of piperidine rings is 1. The van der Waals surface area contributed by atoms with E-state index in [4.69, 9.17) is 16.3 Å². The number of nitrogens with zero attached hydrogens (tertiary/aromatic N) is 3. The number of rotatable bonds is 3. The van der Waals surface area contributed by atoms with Crippen LogP contribution in [-0.4, -0.2) is 46.2 Å². The summed E-state index contributed by atoms with van der Waals surface area (Å²) in [4.78, 5) is 22.1. The van der Waals surface area contributed by atoms with Crippen molar-refractivity contribution >= 4 is 23.6 Å². The second-order valence-corrected chi connectivity index (χ2v) is 6.91. The normalized spacial score (nSPS) is 18.9. The van der Waals surface area contributed by atoms with E-state index in [0.29, 0.717) is 30.1 Å². The monoisotopic (exact) mass is 326 g/mol. The van der Waals surface area contributed by atoms with Crippen LogP contribution >= 0.6 is 11.6 Å².